The standard InChI is InChI=1S/C23H31N5O4S2/c1-4-27-10-9-18-19(15-27)33-23(20(18)22(30)24-2)25-21(29)16-5-7-17(8-6-16)34(31,32)28-13-11-26(3)12-14-28/h5-8H,4,9-15H2,1-3H3,(H,24,30)(H,25,29). The predicted molar refractivity (Wildman–Crippen MR) is 133 cm³/mol. The number of nitrogens with zero attached hydrogens (tertiary/aromatic N) is 3. The van der Waals surface area contributed by atoms with Gasteiger partial charge in [-0.15, -0.1) is 11.3 Å². The predicted octanol–water partition coefficient (Wildman–Crippen LogP) is 1.67. The van der Waals surface area contributed by atoms with Crippen molar-refractivity contribution in [1.82, 2.24) is 19.4 Å². The van der Waals surface area contributed by atoms with E-state index in [0.29, 0.717) is 42.3 Å². The van der Waals surface area contributed by atoms with Gasteiger partial charge in [0, 0.05) is 56.8 Å². The van der Waals surface area contributed by atoms with Crippen molar-refractivity contribution in [3.05, 3.63) is 45.8 Å². The number of likely N-dealkylation sites (N-methyl/N-ethyl adjacent to an activating group) is 2. The molecule has 1 saturated heterocycles. The summed E-state index contributed by atoms with van der Waals surface area (Å²) in [4.78, 5) is 31.3. The van der Waals surface area contributed by atoms with Crippen molar-refractivity contribution in [1.29, 1.82) is 0 Å². The molecule has 0 unspecified atom stereocenters. The first-order chi connectivity index (χ1) is 16.2. The molecule has 2 aromatic rings. The van der Waals surface area contributed by atoms with E-state index in [2.05, 4.69) is 27.4 Å². The van der Waals surface area contributed by atoms with Crippen molar-refractivity contribution < 1.29 is 18.0 Å². The van der Waals surface area contributed by atoms with E-state index >= 15 is 0 Å². The molecule has 4 rings (SSSR count). The van der Waals surface area contributed by atoms with Crippen LogP contribution in [-0.2, 0) is 23.0 Å². The Bertz CT molecular complexity index is 1170. The summed E-state index contributed by atoms with van der Waals surface area (Å²) in [7, 11) is -0.0476. The summed E-state index contributed by atoms with van der Waals surface area (Å²) in [5.74, 6) is -0.592. The molecule has 9 nitrogen and oxygen atoms in total. The lowest BCUT2D eigenvalue weighted by molar-refractivity contribution is 0.0962. The zero-order chi connectivity index (χ0) is 24.5. The molecule has 2 aliphatic rings. The van der Waals surface area contributed by atoms with Crippen LogP contribution in [-0.4, -0.2) is 87.7 Å². The van der Waals surface area contributed by atoms with Gasteiger partial charge in [-0.1, -0.05) is 6.92 Å². The molecule has 2 aliphatic heterocycles. The number of thiophene rings is 1. The lowest BCUT2D eigenvalue weighted by atomic mass is 10.0. The minimum absolute atomic E-state index is 0.172. The monoisotopic (exact) mass is 505 g/mol. The van der Waals surface area contributed by atoms with E-state index in [-0.39, 0.29) is 16.7 Å². The molecule has 1 fully saturated rings. The fourth-order valence-electron chi connectivity index (χ4n) is 4.31. The second kappa shape index (κ2) is 10.1. The molecule has 0 bridgehead atoms. The second-order valence-corrected chi connectivity index (χ2v) is 11.6. The summed E-state index contributed by atoms with van der Waals surface area (Å²) in [6.45, 7) is 6.94. The maximum Gasteiger partial charge on any atom is 0.256 e. The summed E-state index contributed by atoms with van der Waals surface area (Å²) in [5, 5.41) is 6.11. The topological polar surface area (TPSA) is 102 Å². The number of carbonyl (C=O) groups is 2. The number of amides is 2. The average molecular weight is 506 g/mol. The van der Waals surface area contributed by atoms with E-state index in [4.69, 9.17) is 0 Å². The molecule has 1 aromatic carbocycles. The first kappa shape index (κ1) is 24.8. The van der Waals surface area contributed by atoms with Gasteiger partial charge in [-0.3, -0.25) is 14.5 Å². The highest BCUT2D eigenvalue weighted by Crippen LogP contribution is 2.37. The molecule has 3 heterocycles. The number of nitrogens with one attached hydrogen (secondary N) is 2. The third kappa shape index (κ3) is 4.89. The van der Waals surface area contributed by atoms with Gasteiger partial charge >= 0.3 is 0 Å². The first-order valence-corrected chi connectivity index (χ1v) is 13.7. The van der Waals surface area contributed by atoms with Crippen LogP contribution in [0, 0.1) is 0 Å². The van der Waals surface area contributed by atoms with Crippen LogP contribution in [0.5, 0.6) is 0 Å². The molecule has 2 amide bonds. The van der Waals surface area contributed by atoms with E-state index in [9.17, 15) is 18.0 Å². The number of fused-ring (bicyclic) bond motifs is 1. The van der Waals surface area contributed by atoms with E-state index in [1.54, 1.807) is 7.05 Å². The quantitative estimate of drug-likeness (QED) is 0.619. The first-order valence-electron chi connectivity index (χ1n) is 11.4. The van der Waals surface area contributed by atoms with Gasteiger partial charge in [0.2, 0.25) is 10.0 Å². The minimum Gasteiger partial charge on any atom is -0.355 e. The van der Waals surface area contributed by atoms with Crippen molar-refractivity contribution in [3.63, 3.8) is 0 Å². The average Bonchev–Trinajstić information content (AvgIpc) is 3.20. The van der Waals surface area contributed by atoms with Crippen molar-refractivity contribution in [3.8, 4) is 0 Å². The smallest absolute Gasteiger partial charge is 0.256 e. The van der Waals surface area contributed by atoms with Gasteiger partial charge in [0.05, 0.1) is 10.5 Å². The molecular weight excluding hydrogens is 474 g/mol. The Labute approximate surface area is 204 Å². The SMILES string of the molecule is CCN1CCc2c(sc(NC(=O)c3ccc(S(=O)(=O)N4CCN(C)CC4)cc3)c2C(=O)NC)C1. The maximum atomic E-state index is 13.0. The lowest BCUT2D eigenvalue weighted by Crippen LogP contribution is -2.47. The van der Waals surface area contributed by atoms with Crippen LogP contribution in [0.4, 0.5) is 5.00 Å². The fourth-order valence-corrected chi connectivity index (χ4v) is 7.02. The van der Waals surface area contributed by atoms with Crippen molar-refractivity contribution in [2.75, 3.05) is 58.7 Å². The highest BCUT2D eigenvalue weighted by molar-refractivity contribution is 7.89. The van der Waals surface area contributed by atoms with Gasteiger partial charge in [-0.05, 0) is 49.8 Å². The van der Waals surface area contributed by atoms with E-state index < -0.39 is 10.0 Å². The van der Waals surface area contributed by atoms with Gasteiger partial charge in [0.15, 0.2) is 0 Å². The molecule has 0 radical (unpaired) electrons. The molecule has 1 aromatic heterocycles. The number of rotatable bonds is 6. The summed E-state index contributed by atoms with van der Waals surface area (Å²) in [6.07, 6.45) is 0.761. The van der Waals surface area contributed by atoms with Crippen LogP contribution in [0.1, 0.15) is 38.1 Å². The van der Waals surface area contributed by atoms with Gasteiger partial charge in [0.25, 0.3) is 11.8 Å². The molecule has 2 N–H and O–H groups in total. The Hall–Kier alpha value is -2.31. The highest BCUT2D eigenvalue weighted by atomic mass is 32.2. The number of sulfonamides is 1. The van der Waals surface area contributed by atoms with Crippen LogP contribution >= 0.6 is 11.3 Å². The summed E-state index contributed by atoms with van der Waals surface area (Å²) in [6, 6.07) is 5.98. The normalized spacial score (nSPS) is 17.9. The van der Waals surface area contributed by atoms with Crippen LogP contribution in [0.15, 0.2) is 29.2 Å². The largest absolute Gasteiger partial charge is 0.355 e. The van der Waals surface area contributed by atoms with Gasteiger partial charge in [-0.25, -0.2) is 8.42 Å². The fraction of sp³-hybridized carbons (Fsp3) is 0.478. The molecule has 0 spiro atoms. The van der Waals surface area contributed by atoms with Crippen LogP contribution in [0.3, 0.4) is 0 Å². The van der Waals surface area contributed by atoms with Gasteiger partial charge in [-0.2, -0.15) is 4.31 Å². The lowest BCUT2D eigenvalue weighted by Gasteiger charge is -2.31. The van der Waals surface area contributed by atoms with Gasteiger partial charge in [0.1, 0.15) is 5.00 Å². The number of hydrogen-bond donors (Lipinski definition) is 2. The second-order valence-electron chi connectivity index (χ2n) is 8.59. The van der Waals surface area contributed by atoms with Crippen molar-refractivity contribution in [2.24, 2.45) is 0 Å². The number of anilines is 1. The molecule has 184 valence electrons. The molecule has 0 atom stereocenters. The zero-order valence-electron chi connectivity index (χ0n) is 19.8. The van der Waals surface area contributed by atoms with E-state index in [1.807, 2.05) is 7.05 Å². The molecule has 34 heavy (non-hydrogen) atoms. The Balaban J connectivity index is 1.53. The van der Waals surface area contributed by atoms with E-state index in [0.717, 1.165) is 36.5 Å². The molecule has 0 aliphatic carbocycles. The summed E-state index contributed by atoms with van der Waals surface area (Å²) < 4.78 is 27.4. The molecule has 11 heteroatoms. The number of carbonyl (C=O) groups excluding carboxylic acids is 2. The maximum absolute atomic E-state index is 13.0. The summed E-state index contributed by atoms with van der Waals surface area (Å²) >= 11 is 1.43. The summed E-state index contributed by atoms with van der Waals surface area (Å²) in [5.41, 5.74) is 1.86. The Morgan fingerprint density at radius 1 is 1.03 bits per heavy atom. The third-order valence-electron chi connectivity index (χ3n) is 6.48. The number of hydrogen-bond acceptors (Lipinski definition) is 7. The minimum atomic E-state index is -3.60. The Kier molecular flexibility index (Phi) is 7.39. The highest BCUT2D eigenvalue weighted by Gasteiger charge is 2.29. The zero-order valence-corrected chi connectivity index (χ0v) is 21.4. The molecule has 0 saturated carbocycles. The Morgan fingerprint density at radius 2 is 1.71 bits per heavy atom. The third-order valence-corrected chi connectivity index (χ3v) is 9.53. The van der Waals surface area contributed by atoms with Crippen molar-refractivity contribution >= 4 is 38.2 Å². The Morgan fingerprint density at radius 3 is 2.32 bits per heavy atom. The van der Waals surface area contributed by atoms with E-state index in [1.165, 1.54) is 39.9 Å². The van der Waals surface area contributed by atoms with Crippen molar-refractivity contribution in [2.45, 2.75) is 24.8 Å². The van der Waals surface area contributed by atoms with Crippen LogP contribution < -0.4 is 10.6 Å². The number of benzene rings is 1. The van der Waals surface area contributed by atoms with Crippen LogP contribution in [0.2, 0.25) is 0 Å². The molecular formula is C23H31N5O4S2. The van der Waals surface area contributed by atoms with Gasteiger partial charge < -0.3 is 15.5 Å². The number of piperazine rings is 1. The van der Waals surface area contributed by atoms with Crippen LogP contribution in [0.25, 0.3) is 0 Å².